The van der Waals surface area contributed by atoms with E-state index < -0.39 is 0 Å². The topological polar surface area (TPSA) is 23.5 Å². The molecular weight excluding hydrogens is 246 g/mol. The SMILES string of the molecule is CCC(c1cccc(O)c1)C(C)CN(C(C)C)C(C)C. The maximum Gasteiger partial charge on any atom is 0.115 e. The van der Waals surface area contributed by atoms with Crippen LogP contribution in [0.5, 0.6) is 5.75 Å². The Morgan fingerprint density at radius 1 is 1.05 bits per heavy atom. The molecule has 1 aromatic rings. The minimum Gasteiger partial charge on any atom is -0.508 e. The molecule has 2 unspecified atom stereocenters. The molecule has 2 heteroatoms. The molecule has 2 nitrogen and oxygen atoms in total. The van der Waals surface area contributed by atoms with Gasteiger partial charge in [0.1, 0.15) is 5.75 Å². The number of hydrogen-bond donors (Lipinski definition) is 1. The normalized spacial score (nSPS) is 15.1. The summed E-state index contributed by atoms with van der Waals surface area (Å²) < 4.78 is 0. The molecule has 20 heavy (non-hydrogen) atoms. The van der Waals surface area contributed by atoms with Crippen LogP contribution in [0.3, 0.4) is 0 Å². The van der Waals surface area contributed by atoms with Gasteiger partial charge in [0, 0.05) is 18.6 Å². The van der Waals surface area contributed by atoms with Crippen molar-refractivity contribution in [1.29, 1.82) is 0 Å². The van der Waals surface area contributed by atoms with E-state index in [1.165, 1.54) is 5.56 Å². The van der Waals surface area contributed by atoms with Gasteiger partial charge in [0.15, 0.2) is 0 Å². The summed E-state index contributed by atoms with van der Waals surface area (Å²) in [6, 6.07) is 8.88. The number of phenols is 1. The second kappa shape index (κ2) is 7.68. The molecule has 0 aliphatic rings. The first kappa shape index (κ1) is 17.0. The van der Waals surface area contributed by atoms with Crippen LogP contribution in [0.25, 0.3) is 0 Å². The van der Waals surface area contributed by atoms with E-state index in [1.807, 2.05) is 12.1 Å². The van der Waals surface area contributed by atoms with Gasteiger partial charge in [0.2, 0.25) is 0 Å². The molecule has 1 rings (SSSR count). The molecule has 0 saturated heterocycles. The highest BCUT2D eigenvalue weighted by molar-refractivity contribution is 5.30. The summed E-state index contributed by atoms with van der Waals surface area (Å²) in [5.41, 5.74) is 1.26. The number of rotatable bonds is 7. The largest absolute Gasteiger partial charge is 0.508 e. The quantitative estimate of drug-likeness (QED) is 0.784. The van der Waals surface area contributed by atoms with Gasteiger partial charge in [-0.05, 0) is 63.6 Å². The first-order valence-electron chi connectivity index (χ1n) is 7.91. The van der Waals surface area contributed by atoms with Crippen LogP contribution < -0.4 is 0 Å². The molecule has 0 saturated carbocycles. The average Bonchev–Trinajstić information content (AvgIpc) is 2.36. The van der Waals surface area contributed by atoms with E-state index in [0.29, 0.717) is 29.7 Å². The van der Waals surface area contributed by atoms with Crippen LogP contribution in [-0.2, 0) is 0 Å². The number of aromatic hydroxyl groups is 1. The Balaban J connectivity index is 2.84. The Kier molecular flexibility index (Phi) is 6.54. The van der Waals surface area contributed by atoms with Crippen LogP contribution in [-0.4, -0.2) is 28.6 Å². The van der Waals surface area contributed by atoms with Crippen molar-refractivity contribution >= 4 is 0 Å². The Morgan fingerprint density at radius 2 is 1.65 bits per heavy atom. The van der Waals surface area contributed by atoms with E-state index >= 15 is 0 Å². The van der Waals surface area contributed by atoms with Gasteiger partial charge in [0.25, 0.3) is 0 Å². The molecule has 0 heterocycles. The van der Waals surface area contributed by atoms with Crippen LogP contribution in [0.2, 0.25) is 0 Å². The molecule has 0 amide bonds. The summed E-state index contributed by atoms with van der Waals surface area (Å²) in [6.45, 7) is 14.7. The number of nitrogens with zero attached hydrogens (tertiary/aromatic N) is 1. The fourth-order valence-corrected chi connectivity index (χ4v) is 3.20. The zero-order valence-corrected chi connectivity index (χ0v) is 13.9. The smallest absolute Gasteiger partial charge is 0.115 e. The van der Waals surface area contributed by atoms with Crippen LogP contribution >= 0.6 is 0 Å². The lowest BCUT2D eigenvalue weighted by atomic mass is 9.84. The minimum atomic E-state index is 0.373. The highest BCUT2D eigenvalue weighted by Crippen LogP contribution is 2.31. The summed E-state index contributed by atoms with van der Waals surface area (Å²) in [7, 11) is 0. The second-order valence-electron chi connectivity index (χ2n) is 6.47. The first-order chi connectivity index (χ1) is 9.36. The van der Waals surface area contributed by atoms with Crippen LogP contribution in [0, 0.1) is 5.92 Å². The number of benzene rings is 1. The average molecular weight is 277 g/mol. The van der Waals surface area contributed by atoms with Crippen LogP contribution in [0.4, 0.5) is 0 Å². The molecule has 0 radical (unpaired) electrons. The van der Waals surface area contributed by atoms with E-state index in [2.05, 4.69) is 52.5 Å². The van der Waals surface area contributed by atoms with Gasteiger partial charge in [-0.3, -0.25) is 4.90 Å². The molecular formula is C18H31NO. The summed E-state index contributed by atoms with van der Waals surface area (Å²) in [4.78, 5) is 2.55. The fourth-order valence-electron chi connectivity index (χ4n) is 3.20. The first-order valence-corrected chi connectivity index (χ1v) is 7.91. The van der Waals surface area contributed by atoms with Crippen molar-refractivity contribution in [2.45, 2.75) is 66.0 Å². The van der Waals surface area contributed by atoms with E-state index in [9.17, 15) is 5.11 Å². The standard InChI is InChI=1S/C18H31NO/c1-7-18(16-9-8-10-17(20)11-16)15(6)12-19(13(2)3)14(4)5/h8-11,13-15,18,20H,7,12H2,1-6H3. The van der Waals surface area contributed by atoms with Gasteiger partial charge in [-0.2, -0.15) is 0 Å². The Labute approximate surface area is 124 Å². The van der Waals surface area contributed by atoms with Gasteiger partial charge in [0.05, 0.1) is 0 Å². The predicted octanol–water partition coefficient (Wildman–Crippen LogP) is 4.64. The Bertz CT molecular complexity index is 392. The van der Waals surface area contributed by atoms with Gasteiger partial charge < -0.3 is 5.11 Å². The summed E-state index contributed by atoms with van der Waals surface area (Å²) in [5, 5.41) is 9.69. The third-order valence-corrected chi connectivity index (χ3v) is 4.25. The van der Waals surface area contributed by atoms with E-state index in [4.69, 9.17) is 0 Å². The molecule has 0 bridgehead atoms. The summed E-state index contributed by atoms with van der Waals surface area (Å²) in [6.07, 6.45) is 1.11. The molecule has 0 spiro atoms. The second-order valence-corrected chi connectivity index (χ2v) is 6.47. The molecule has 1 N–H and O–H groups in total. The van der Waals surface area contributed by atoms with Crippen molar-refractivity contribution in [3.8, 4) is 5.75 Å². The zero-order chi connectivity index (χ0) is 15.3. The molecule has 1 aromatic carbocycles. The third kappa shape index (κ3) is 4.52. The molecule has 0 aromatic heterocycles. The minimum absolute atomic E-state index is 0.373. The van der Waals surface area contributed by atoms with Crippen molar-refractivity contribution in [3.63, 3.8) is 0 Å². The highest BCUT2D eigenvalue weighted by Gasteiger charge is 2.23. The summed E-state index contributed by atoms with van der Waals surface area (Å²) in [5.74, 6) is 1.45. The van der Waals surface area contributed by atoms with Gasteiger partial charge in [-0.15, -0.1) is 0 Å². The number of phenolic OH excluding ortho intramolecular Hbond substituents is 1. The Morgan fingerprint density at radius 3 is 2.10 bits per heavy atom. The van der Waals surface area contributed by atoms with Crippen LogP contribution in [0.1, 0.15) is 59.4 Å². The van der Waals surface area contributed by atoms with Crippen molar-refractivity contribution in [2.75, 3.05) is 6.54 Å². The Hall–Kier alpha value is -1.02. The van der Waals surface area contributed by atoms with E-state index in [1.54, 1.807) is 6.07 Å². The van der Waals surface area contributed by atoms with Crippen molar-refractivity contribution in [2.24, 2.45) is 5.92 Å². The molecule has 0 aliphatic carbocycles. The van der Waals surface area contributed by atoms with E-state index in [-0.39, 0.29) is 0 Å². The molecule has 114 valence electrons. The predicted molar refractivity (Wildman–Crippen MR) is 87.3 cm³/mol. The zero-order valence-electron chi connectivity index (χ0n) is 13.9. The lowest BCUT2D eigenvalue weighted by Crippen LogP contribution is -2.41. The molecule has 0 aliphatic heterocycles. The monoisotopic (exact) mass is 277 g/mol. The highest BCUT2D eigenvalue weighted by atomic mass is 16.3. The van der Waals surface area contributed by atoms with Crippen molar-refractivity contribution < 1.29 is 5.11 Å². The lowest BCUT2D eigenvalue weighted by molar-refractivity contribution is 0.141. The lowest BCUT2D eigenvalue weighted by Gasteiger charge is -2.35. The fraction of sp³-hybridized carbons (Fsp3) is 0.667. The van der Waals surface area contributed by atoms with Crippen molar-refractivity contribution in [3.05, 3.63) is 29.8 Å². The maximum absolute atomic E-state index is 9.69. The van der Waals surface area contributed by atoms with Gasteiger partial charge in [-0.25, -0.2) is 0 Å². The van der Waals surface area contributed by atoms with Gasteiger partial charge in [-0.1, -0.05) is 26.0 Å². The molecule has 0 fully saturated rings. The maximum atomic E-state index is 9.69. The van der Waals surface area contributed by atoms with Gasteiger partial charge >= 0.3 is 0 Å². The third-order valence-electron chi connectivity index (χ3n) is 4.25. The summed E-state index contributed by atoms with van der Waals surface area (Å²) >= 11 is 0. The van der Waals surface area contributed by atoms with Crippen LogP contribution in [0.15, 0.2) is 24.3 Å². The van der Waals surface area contributed by atoms with E-state index in [0.717, 1.165) is 13.0 Å². The molecule has 2 atom stereocenters. The van der Waals surface area contributed by atoms with Crippen molar-refractivity contribution in [1.82, 2.24) is 4.90 Å². The number of hydrogen-bond acceptors (Lipinski definition) is 2.